The van der Waals surface area contributed by atoms with Crippen LogP contribution in [0.1, 0.15) is 12.5 Å². The van der Waals surface area contributed by atoms with E-state index in [1.54, 1.807) is 18.3 Å². The summed E-state index contributed by atoms with van der Waals surface area (Å²) in [6.07, 6.45) is 1.58. The van der Waals surface area contributed by atoms with Gasteiger partial charge in [-0.2, -0.15) is 0 Å². The minimum Gasteiger partial charge on any atom is -0.506 e. The van der Waals surface area contributed by atoms with Gasteiger partial charge in [-0.15, -0.1) is 0 Å². The number of nitrogens with one attached hydrogen (secondary N) is 1. The lowest BCUT2D eigenvalue weighted by Crippen LogP contribution is -2.22. The van der Waals surface area contributed by atoms with Crippen LogP contribution in [0.2, 0.25) is 0 Å². The Morgan fingerprint density at radius 2 is 2.24 bits per heavy atom. The molecule has 0 saturated carbocycles. The largest absolute Gasteiger partial charge is 0.506 e. The maximum absolute atomic E-state index is 10.6. The number of rotatable bonds is 4. The van der Waals surface area contributed by atoms with E-state index in [1.165, 1.54) is 6.92 Å². The zero-order valence-corrected chi connectivity index (χ0v) is 12.4. The third kappa shape index (κ3) is 4.87. The Labute approximate surface area is 116 Å². The number of carbonyl (C=O) groups excluding carboxylic acids is 1. The van der Waals surface area contributed by atoms with Gasteiger partial charge in [0.1, 0.15) is 5.75 Å². The number of phenols is 1. The molecule has 0 unspecified atom stereocenters. The Bertz CT molecular complexity index is 447. The van der Waals surface area contributed by atoms with Gasteiger partial charge in [-0.3, -0.25) is 9.79 Å². The van der Waals surface area contributed by atoms with Gasteiger partial charge in [0.2, 0.25) is 5.91 Å². The molecule has 6 heteroatoms. The summed E-state index contributed by atoms with van der Waals surface area (Å²) in [7, 11) is 0. The number of benzene rings is 1. The number of halogens is 2. The molecule has 1 aromatic rings. The smallest absolute Gasteiger partial charge is 0.216 e. The Morgan fingerprint density at radius 3 is 2.88 bits per heavy atom. The minimum absolute atomic E-state index is 0.0757. The Morgan fingerprint density at radius 1 is 1.53 bits per heavy atom. The molecule has 1 amide bonds. The molecule has 0 heterocycles. The van der Waals surface area contributed by atoms with Crippen molar-refractivity contribution in [1.29, 1.82) is 0 Å². The van der Waals surface area contributed by atoms with Gasteiger partial charge < -0.3 is 10.4 Å². The second-order valence-corrected chi connectivity index (χ2v) is 5.11. The molecule has 0 radical (unpaired) electrons. The van der Waals surface area contributed by atoms with Gasteiger partial charge in [0.25, 0.3) is 0 Å². The zero-order chi connectivity index (χ0) is 12.8. The molecule has 0 atom stereocenters. The van der Waals surface area contributed by atoms with Crippen LogP contribution in [0.15, 0.2) is 26.1 Å². The number of nitrogens with zero attached hydrogens (tertiary/aromatic N) is 1. The second kappa shape index (κ2) is 6.76. The van der Waals surface area contributed by atoms with Gasteiger partial charge in [0.05, 0.1) is 11.0 Å². The molecule has 0 spiro atoms. The Hall–Kier alpha value is -0.880. The highest BCUT2D eigenvalue weighted by molar-refractivity contribution is 9.11. The molecule has 0 aliphatic carbocycles. The van der Waals surface area contributed by atoms with E-state index >= 15 is 0 Å². The standard InChI is InChI=1S/C11H12Br2N2O2/c1-7(16)15-3-2-14-6-8-4-9(12)5-10(13)11(8)17/h4-6,17H,2-3H2,1H3,(H,15,16). The minimum atomic E-state index is -0.0757. The first-order valence-corrected chi connectivity index (χ1v) is 6.51. The number of hydrogen-bond acceptors (Lipinski definition) is 3. The molecule has 1 rings (SSSR count). The summed E-state index contributed by atoms with van der Waals surface area (Å²) >= 11 is 6.57. The topological polar surface area (TPSA) is 61.7 Å². The fourth-order valence-corrected chi connectivity index (χ4v) is 2.40. The lowest BCUT2D eigenvalue weighted by molar-refractivity contribution is -0.118. The Balaban J connectivity index is 2.62. The lowest BCUT2D eigenvalue weighted by atomic mass is 10.2. The normalized spacial score (nSPS) is 10.8. The van der Waals surface area contributed by atoms with Crippen LogP contribution in [0.4, 0.5) is 0 Å². The molecule has 0 aromatic heterocycles. The highest BCUT2D eigenvalue weighted by Crippen LogP contribution is 2.30. The van der Waals surface area contributed by atoms with Crippen LogP contribution in [0.3, 0.4) is 0 Å². The van der Waals surface area contributed by atoms with E-state index in [0.717, 1.165) is 4.47 Å². The van der Waals surface area contributed by atoms with Gasteiger partial charge in [-0.05, 0) is 28.1 Å². The van der Waals surface area contributed by atoms with E-state index in [0.29, 0.717) is 23.1 Å². The van der Waals surface area contributed by atoms with Crippen LogP contribution in [-0.2, 0) is 4.79 Å². The number of aromatic hydroxyl groups is 1. The van der Waals surface area contributed by atoms with E-state index in [4.69, 9.17) is 0 Å². The summed E-state index contributed by atoms with van der Waals surface area (Å²) in [6, 6.07) is 3.52. The first-order valence-electron chi connectivity index (χ1n) is 4.93. The molecule has 1 aromatic carbocycles. The van der Waals surface area contributed by atoms with Crippen molar-refractivity contribution >= 4 is 44.0 Å². The van der Waals surface area contributed by atoms with Gasteiger partial charge in [-0.25, -0.2) is 0 Å². The first-order chi connectivity index (χ1) is 8.00. The van der Waals surface area contributed by atoms with Crippen LogP contribution in [0.25, 0.3) is 0 Å². The van der Waals surface area contributed by atoms with Crippen molar-refractivity contribution in [2.75, 3.05) is 13.1 Å². The molecule has 0 aliphatic rings. The predicted octanol–water partition coefficient (Wildman–Crippen LogP) is 2.47. The van der Waals surface area contributed by atoms with Gasteiger partial charge in [0, 0.05) is 29.7 Å². The van der Waals surface area contributed by atoms with Gasteiger partial charge in [-0.1, -0.05) is 15.9 Å². The number of phenolic OH excluding ortho intramolecular Hbond substituents is 1. The van der Waals surface area contributed by atoms with E-state index in [9.17, 15) is 9.90 Å². The molecule has 17 heavy (non-hydrogen) atoms. The number of carbonyl (C=O) groups is 1. The van der Waals surface area contributed by atoms with Crippen molar-refractivity contribution in [1.82, 2.24) is 5.32 Å². The molecule has 0 aliphatic heterocycles. The summed E-state index contributed by atoms with van der Waals surface area (Å²) in [4.78, 5) is 14.7. The molecule has 0 fully saturated rings. The summed E-state index contributed by atoms with van der Waals surface area (Å²) in [5, 5.41) is 12.4. The molecular weight excluding hydrogens is 352 g/mol. The van der Waals surface area contributed by atoms with Crippen LogP contribution in [0, 0.1) is 0 Å². The predicted molar refractivity (Wildman–Crippen MR) is 74.7 cm³/mol. The molecular formula is C11H12Br2N2O2. The van der Waals surface area contributed by atoms with Crippen LogP contribution < -0.4 is 5.32 Å². The number of aliphatic imine (C=N–C) groups is 1. The van der Waals surface area contributed by atoms with Crippen molar-refractivity contribution in [2.45, 2.75) is 6.92 Å². The van der Waals surface area contributed by atoms with Gasteiger partial charge in [0.15, 0.2) is 0 Å². The quantitative estimate of drug-likeness (QED) is 0.637. The Kier molecular flexibility index (Phi) is 5.64. The fraction of sp³-hybridized carbons (Fsp3) is 0.273. The van der Waals surface area contributed by atoms with Crippen molar-refractivity contribution in [3.8, 4) is 5.75 Å². The summed E-state index contributed by atoms with van der Waals surface area (Å²) < 4.78 is 1.46. The van der Waals surface area contributed by atoms with E-state index in [2.05, 4.69) is 42.2 Å². The van der Waals surface area contributed by atoms with Gasteiger partial charge >= 0.3 is 0 Å². The van der Waals surface area contributed by atoms with Crippen LogP contribution in [-0.4, -0.2) is 30.3 Å². The van der Waals surface area contributed by atoms with Crippen molar-refractivity contribution in [3.63, 3.8) is 0 Å². The van der Waals surface area contributed by atoms with Crippen LogP contribution >= 0.6 is 31.9 Å². The maximum atomic E-state index is 10.6. The first kappa shape index (κ1) is 14.2. The summed E-state index contributed by atoms with van der Waals surface area (Å²) in [6.45, 7) is 2.42. The molecule has 92 valence electrons. The van der Waals surface area contributed by atoms with Crippen molar-refractivity contribution in [2.24, 2.45) is 4.99 Å². The highest BCUT2D eigenvalue weighted by atomic mass is 79.9. The molecule has 0 saturated heterocycles. The average molecular weight is 364 g/mol. The summed E-state index contributed by atoms with van der Waals surface area (Å²) in [5.41, 5.74) is 0.620. The lowest BCUT2D eigenvalue weighted by Gasteiger charge is -2.03. The maximum Gasteiger partial charge on any atom is 0.216 e. The monoisotopic (exact) mass is 362 g/mol. The number of hydrogen-bond donors (Lipinski definition) is 2. The van der Waals surface area contributed by atoms with Crippen LogP contribution in [0.5, 0.6) is 5.75 Å². The zero-order valence-electron chi connectivity index (χ0n) is 9.20. The fourth-order valence-electron chi connectivity index (χ4n) is 1.14. The third-order valence-electron chi connectivity index (χ3n) is 1.90. The molecule has 2 N–H and O–H groups in total. The van der Waals surface area contributed by atoms with E-state index < -0.39 is 0 Å². The summed E-state index contributed by atoms with van der Waals surface area (Å²) in [5.74, 6) is 0.0738. The van der Waals surface area contributed by atoms with Crippen molar-refractivity contribution in [3.05, 3.63) is 26.6 Å². The highest BCUT2D eigenvalue weighted by Gasteiger charge is 2.04. The molecule has 4 nitrogen and oxygen atoms in total. The average Bonchev–Trinajstić information content (AvgIpc) is 2.23. The number of amides is 1. The van der Waals surface area contributed by atoms with E-state index in [1.807, 2.05) is 0 Å². The molecule has 0 bridgehead atoms. The third-order valence-corrected chi connectivity index (χ3v) is 2.97. The van der Waals surface area contributed by atoms with E-state index in [-0.39, 0.29) is 11.7 Å². The van der Waals surface area contributed by atoms with Crippen molar-refractivity contribution < 1.29 is 9.90 Å². The SMILES string of the molecule is CC(=O)NCCN=Cc1cc(Br)cc(Br)c1O. The second-order valence-electron chi connectivity index (χ2n) is 3.34.